The third-order valence-corrected chi connectivity index (χ3v) is 3.28. The first-order valence-corrected chi connectivity index (χ1v) is 5.32. The van der Waals surface area contributed by atoms with Crippen LogP contribution in [0.25, 0.3) is 0 Å². The summed E-state index contributed by atoms with van der Waals surface area (Å²) in [5, 5.41) is 8.53. The Morgan fingerprint density at radius 2 is 2.08 bits per heavy atom. The minimum atomic E-state index is -3.35. The molecule has 0 aliphatic heterocycles. The van der Waals surface area contributed by atoms with Gasteiger partial charge in [-0.05, 0) is 14.0 Å². The van der Waals surface area contributed by atoms with E-state index in [0.717, 1.165) is 4.90 Å². The Labute approximate surface area is 77.6 Å². The summed E-state index contributed by atoms with van der Waals surface area (Å²) >= 11 is 0. The quantitative estimate of drug-likeness (QED) is 0.657. The van der Waals surface area contributed by atoms with E-state index in [1.165, 1.54) is 21.0 Å². The number of amides is 1. The van der Waals surface area contributed by atoms with Gasteiger partial charge in [0.15, 0.2) is 0 Å². The summed E-state index contributed by atoms with van der Waals surface area (Å²) in [7, 11) is -0.726. The molecule has 0 aromatic heterocycles. The Hall–Kier alpha value is -0.820. The summed E-state index contributed by atoms with van der Waals surface area (Å²) in [5.41, 5.74) is 0. The van der Waals surface area contributed by atoms with Crippen LogP contribution < -0.4 is 4.72 Å². The van der Waals surface area contributed by atoms with Gasteiger partial charge in [0.2, 0.25) is 10.0 Å². The molecule has 1 unspecified atom stereocenters. The van der Waals surface area contributed by atoms with Crippen molar-refractivity contribution in [2.45, 2.75) is 13.0 Å². The SMILES string of the molecule is CNS(=O)(=O)CC(C)N(C)C(=O)O. The molecule has 7 heteroatoms. The fraction of sp³-hybridized carbons (Fsp3) is 0.833. The first-order valence-electron chi connectivity index (χ1n) is 3.67. The molecule has 0 aromatic carbocycles. The Balaban J connectivity index is 4.31. The first-order chi connectivity index (χ1) is 5.80. The standard InChI is InChI=1S/C6H14N2O4S/c1-5(8(3)6(9)10)4-13(11,12)7-2/h5,7H,4H2,1-3H3,(H,9,10). The molecule has 78 valence electrons. The molecule has 0 aliphatic rings. The molecule has 0 rings (SSSR count). The lowest BCUT2D eigenvalue weighted by atomic mass is 10.4. The molecule has 0 fully saturated rings. The van der Waals surface area contributed by atoms with Crippen molar-refractivity contribution in [1.82, 2.24) is 9.62 Å². The second kappa shape index (κ2) is 4.43. The average molecular weight is 210 g/mol. The van der Waals surface area contributed by atoms with Gasteiger partial charge in [-0.3, -0.25) is 0 Å². The molecule has 6 nitrogen and oxygen atoms in total. The maximum Gasteiger partial charge on any atom is 0.407 e. The zero-order chi connectivity index (χ0) is 10.6. The molecule has 0 heterocycles. The molecular formula is C6H14N2O4S. The van der Waals surface area contributed by atoms with Crippen molar-refractivity contribution in [3.63, 3.8) is 0 Å². The van der Waals surface area contributed by atoms with Crippen LogP contribution in [0.4, 0.5) is 4.79 Å². The molecule has 0 aromatic rings. The fourth-order valence-electron chi connectivity index (χ4n) is 0.701. The van der Waals surface area contributed by atoms with Gasteiger partial charge >= 0.3 is 6.09 Å². The van der Waals surface area contributed by atoms with Crippen molar-refractivity contribution >= 4 is 16.1 Å². The second-order valence-electron chi connectivity index (χ2n) is 2.73. The van der Waals surface area contributed by atoms with Crippen LogP contribution in [-0.4, -0.2) is 50.4 Å². The number of carboxylic acid groups (broad SMARTS) is 1. The van der Waals surface area contributed by atoms with Crippen LogP contribution in [0.2, 0.25) is 0 Å². The van der Waals surface area contributed by atoms with Crippen LogP contribution in [0.3, 0.4) is 0 Å². The van der Waals surface area contributed by atoms with Crippen molar-refractivity contribution in [1.29, 1.82) is 0 Å². The van der Waals surface area contributed by atoms with Gasteiger partial charge in [0, 0.05) is 13.1 Å². The first kappa shape index (κ1) is 12.2. The molecule has 0 saturated heterocycles. The molecule has 0 saturated carbocycles. The van der Waals surface area contributed by atoms with E-state index < -0.39 is 22.2 Å². The average Bonchev–Trinajstić information content (AvgIpc) is 2.02. The fourth-order valence-corrected chi connectivity index (χ4v) is 1.73. The minimum absolute atomic E-state index is 0.230. The van der Waals surface area contributed by atoms with Crippen LogP contribution >= 0.6 is 0 Å². The van der Waals surface area contributed by atoms with E-state index in [4.69, 9.17) is 5.11 Å². The van der Waals surface area contributed by atoms with Crippen molar-refractivity contribution in [3.05, 3.63) is 0 Å². The molecule has 0 spiro atoms. The highest BCUT2D eigenvalue weighted by atomic mass is 32.2. The third kappa shape index (κ3) is 4.09. The molecule has 1 atom stereocenters. The van der Waals surface area contributed by atoms with Crippen LogP contribution in [0, 0.1) is 0 Å². The summed E-state index contributed by atoms with van der Waals surface area (Å²) in [5.74, 6) is -0.230. The highest BCUT2D eigenvalue weighted by molar-refractivity contribution is 7.89. The number of nitrogens with one attached hydrogen (secondary N) is 1. The maximum atomic E-state index is 11.0. The highest BCUT2D eigenvalue weighted by Crippen LogP contribution is 1.99. The summed E-state index contributed by atoms with van der Waals surface area (Å²) in [6.07, 6.45) is -1.14. The number of nitrogens with zero attached hydrogens (tertiary/aromatic N) is 1. The van der Waals surface area contributed by atoms with E-state index in [-0.39, 0.29) is 5.75 Å². The van der Waals surface area contributed by atoms with E-state index in [1.54, 1.807) is 0 Å². The lowest BCUT2D eigenvalue weighted by Crippen LogP contribution is -2.40. The number of hydrogen-bond acceptors (Lipinski definition) is 3. The largest absolute Gasteiger partial charge is 0.465 e. The number of rotatable bonds is 4. The number of hydrogen-bond donors (Lipinski definition) is 2. The van der Waals surface area contributed by atoms with Crippen LogP contribution in [0.1, 0.15) is 6.92 Å². The molecule has 0 bridgehead atoms. The zero-order valence-corrected chi connectivity index (χ0v) is 8.63. The molecule has 0 aliphatic carbocycles. The van der Waals surface area contributed by atoms with Crippen LogP contribution in [-0.2, 0) is 10.0 Å². The Morgan fingerprint density at radius 1 is 1.62 bits per heavy atom. The number of sulfonamides is 1. The summed E-state index contributed by atoms with van der Waals surface area (Å²) in [6.45, 7) is 1.53. The number of carbonyl (C=O) groups is 1. The van der Waals surface area contributed by atoms with Gasteiger partial charge in [-0.15, -0.1) is 0 Å². The van der Waals surface area contributed by atoms with E-state index in [9.17, 15) is 13.2 Å². The minimum Gasteiger partial charge on any atom is -0.465 e. The monoisotopic (exact) mass is 210 g/mol. The van der Waals surface area contributed by atoms with E-state index in [0.29, 0.717) is 0 Å². The predicted molar refractivity (Wildman–Crippen MR) is 48.1 cm³/mol. The van der Waals surface area contributed by atoms with Crippen molar-refractivity contribution in [2.24, 2.45) is 0 Å². The van der Waals surface area contributed by atoms with Gasteiger partial charge < -0.3 is 10.0 Å². The normalized spacial score (nSPS) is 13.8. The van der Waals surface area contributed by atoms with Crippen molar-refractivity contribution < 1.29 is 18.3 Å². The van der Waals surface area contributed by atoms with E-state index >= 15 is 0 Å². The Morgan fingerprint density at radius 3 is 2.38 bits per heavy atom. The van der Waals surface area contributed by atoms with Gasteiger partial charge in [0.05, 0.1) is 5.75 Å². The lowest BCUT2D eigenvalue weighted by molar-refractivity contribution is 0.145. The topological polar surface area (TPSA) is 86.7 Å². The predicted octanol–water partition coefficient (Wildman–Crippen LogP) is -0.466. The smallest absolute Gasteiger partial charge is 0.407 e. The van der Waals surface area contributed by atoms with Crippen molar-refractivity contribution in [3.8, 4) is 0 Å². The summed E-state index contributed by atoms with van der Waals surface area (Å²) < 4.78 is 24.1. The van der Waals surface area contributed by atoms with Gasteiger partial charge in [-0.2, -0.15) is 0 Å². The summed E-state index contributed by atoms with van der Waals surface area (Å²) in [6, 6.07) is -0.560. The van der Waals surface area contributed by atoms with E-state index in [2.05, 4.69) is 4.72 Å². The Kier molecular flexibility index (Phi) is 4.15. The van der Waals surface area contributed by atoms with Crippen molar-refractivity contribution in [2.75, 3.05) is 19.8 Å². The molecule has 0 radical (unpaired) electrons. The van der Waals surface area contributed by atoms with Crippen LogP contribution in [0.5, 0.6) is 0 Å². The highest BCUT2D eigenvalue weighted by Gasteiger charge is 2.20. The molecule has 2 N–H and O–H groups in total. The zero-order valence-electron chi connectivity index (χ0n) is 7.81. The molecule has 13 heavy (non-hydrogen) atoms. The second-order valence-corrected chi connectivity index (χ2v) is 4.70. The van der Waals surface area contributed by atoms with Gasteiger partial charge in [-0.25, -0.2) is 17.9 Å². The maximum absolute atomic E-state index is 11.0. The van der Waals surface area contributed by atoms with Gasteiger partial charge in [0.1, 0.15) is 0 Å². The summed E-state index contributed by atoms with van der Waals surface area (Å²) in [4.78, 5) is 11.4. The van der Waals surface area contributed by atoms with Gasteiger partial charge in [0.25, 0.3) is 0 Å². The Bertz CT molecular complexity index is 274. The molecular weight excluding hydrogens is 196 g/mol. The molecule has 1 amide bonds. The van der Waals surface area contributed by atoms with Crippen LogP contribution in [0.15, 0.2) is 0 Å². The van der Waals surface area contributed by atoms with E-state index in [1.807, 2.05) is 0 Å². The lowest BCUT2D eigenvalue weighted by Gasteiger charge is -2.21. The van der Waals surface area contributed by atoms with Gasteiger partial charge in [-0.1, -0.05) is 0 Å². The third-order valence-electron chi connectivity index (χ3n) is 1.73.